The van der Waals surface area contributed by atoms with Crippen LogP contribution in [0.15, 0.2) is 53.7 Å². The molecular formula is C24H33NO2. The smallest absolute Gasteiger partial charge is 0.120 e. The third-order valence-electron chi connectivity index (χ3n) is 4.21. The van der Waals surface area contributed by atoms with Crippen molar-refractivity contribution < 1.29 is 9.57 Å². The van der Waals surface area contributed by atoms with Gasteiger partial charge in [0, 0.05) is 0 Å². The van der Waals surface area contributed by atoms with E-state index in [2.05, 4.69) is 55.4 Å². The van der Waals surface area contributed by atoms with E-state index in [1.807, 2.05) is 39.8 Å². The minimum atomic E-state index is 0.606. The molecular weight excluding hydrogens is 334 g/mol. The molecule has 0 saturated heterocycles. The van der Waals surface area contributed by atoms with Crippen molar-refractivity contribution in [3.63, 3.8) is 0 Å². The molecule has 0 radical (unpaired) electrons. The molecule has 2 rings (SSSR count). The quantitative estimate of drug-likeness (QED) is 0.329. The Morgan fingerprint density at radius 2 is 1.74 bits per heavy atom. The molecule has 0 aliphatic heterocycles. The fraction of sp³-hybridized carbons (Fsp3) is 0.375. The van der Waals surface area contributed by atoms with Crippen LogP contribution in [0.25, 0.3) is 0 Å². The van der Waals surface area contributed by atoms with E-state index in [9.17, 15) is 0 Å². The SMILES string of the molecule is C/C=C/COc1cc(C)c(Cc2cccc(/C(C)=N\OC)c2)c(C)c1.CC. The van der Waals surface area contributed by atoms with Crippen LogP contribution in [0.5, 0.6) is 5.75 Å². The van der Waals surface area contributed by atoms with Crippen molar-refractivity contribution in [2.24, 2.45) is 5.16 Å². The molecule has 0 aliphatic rings. The molecule has 0 fully saturated rings. The number of aryl methyl sites for hydroxylation is 2. The summed E-state index contributed by atoms with van der Waals surface area (Å²) in [5.74, 6) is 0.925. The van der Waals surface area contributed by atoms with Crippen LogP contribution in [-0.2, 0) is 11.3 Å². The first-order valence-corrected chi connectivity index (χ1v) is 9.56. The van der Waals surface area contributed by atoms with Gasteiger partial charge in [0.1, 0.15) is 19.5 Å². The number of nitrogens with zero attached hydrogens (tertiary/aromatic N) is 1. The van der Waals surface area contributed by atoms with Crippen molar-refractivity contribution in [1.29, 1.82) is 0 Å². The van der Waals surface area contributed by atoms with Crippen LogP contribution in [0.3, 0.4) is 0 Å². The van der Waals surface area contributed by atoms with Gasteiger partial charge in [0.05, 0.1) is 5.71 Å². The Labute approximate surface area is 164 Å². The zero-order chi connectivity index (χ0) is 20.2. The fourth-order valence-corrected chi connectivity index (χ4v) is 2.86. The van der Waals surface area contributed by atoms with Crippen LogP contribution in [0.4, 0.5) is 0 Å². The van der Waals surface area contributed by atoms with Crippen LogP contribution >= 0.6 is 0 Å². The Hall–Kier alpha value is -2.55. The molecule has 0 spiro atoms. The van der Waals surface area contributed by atoms with Crippen LogP contribution < -0.4 is 4.74 Å². The Bertz CT molecular complexity index is 753. The van der Waals surface area contributed by atoms with Gasteiger partial charge in [-0.05, 0) is 80.1 Å². The standard InChI is InChI=1S/C22H27NO2.C2H6/c1-6-7-11-25-21-12-16(2)22(17(3)13-21)15-19-9-8-10-20(14-19)18(4)23-24-5;1-2/h6-10,12-14H,11,15H2,1-5H3;1-2H3/b7-6+,23-18-;. The number of hydrogen-bond acceptors (Lipinski definition) is 3. The highest BCUT2D eigenvalue weighted by atomic mass is 16.6. The van der Waals surface area contributed by atoms with Gasteiger partial charge in [0.2, 0.25) is 0 Å². The molecule has 0 N–H and O–H groups in total. The van der Waals surface area contributed by atoms with Gasteiger partial charge in [-0.2, -0.15) is 0 Å². The Balaban J connectivity index is 0.00000176. The number of rotatable bonds is 7. The summed E-state index contributed by atoms with van der Waals surface area (Å²) in [5, 5.41) is 4.02. The molecule has 0 unspecified atom stereocenters. The summed E-state index contributed by atoms with van der Waals surface area (Å²) < 4.78 is 5.77. The second kappa shape index (κ2) is 11.9. The van der Waals surface area contributed by atoms with E-state index in [0.29, 0.717) is 6.61 Å². The van der Waals surface area contributed by atoms with Gasteiger partial charge in [0.25, 0.3) is 0 Å². The van der Waals surface area contributed by atoms with Crippen molar-refractivity contribution in [3.05, 3.63) is 76.4 Å². The van der Waals surface area contributed by atoms with Gasteiger partial charge in [-0.3, -0.25) is 0 Å². The molecule has 0 saturated carbocycles. The van der Waals surface area contributed by atoms with E-state index in [1.54, 1.807) is 7.11 Å². The first kappa shape index (κ1) is 22.5. The normalized spacial score (nSPS) is 11.1. The van der Waals surface area contributed by atoms with Crippen molar-refractivity contribution in [3.8, 4) is 5.75 Å². The monoisotopic (exact) mass is 367 g/mol. The predicted octanol–water partition coefficient (Wildman–Crippen LogP) is 6.25. The molecule has 27 heavy (non-hydrogen) atoms. The maximum absolute atomic E-state index is 5.77. The van der Waals surface area contributed by atoms with Gasteiger partial charge in [0.15, 0.2) is 0 Å². The molecule has 0 atom stereocenters. The number of oxime groups is 1. The summed E-state index contributed by atoms with van der Waals surface area (Å²) in [6.07, 6.45) is 4.89. The van der Waals surface area contributed by atoms with Gasteiger partial charge >= 0.3 is 0 Å². The fourth-order valence-electron chi connectivity index (χ4n) is 2.86. The third-order valence-corrected chi connectivity index (χ3v) is 4.21. The highest BCUT2D eigenvalue weighted by molar-refractivity contribution is 5.98. The second-order valence-corrected chi connectivity index (χ2v) is 6.15. The Morgan fingerprint density at radius 1 is 1.07 bits per heavy atom. The summed E-state index contributed by atoms with van der Waals surface area (Å²) in [6.45, 7) is 12.8. The van der Waals surface area contributed by atoms with Gasteiger partial charge < -0.3 is 9.57 Å². The maximum Gasteiger partial charge on any atom is 0.120 e. The highest BCUT2D eigenvalue weighted by Crippen LogP contribution is 2.25. The average Bonchev–Trinajstić information content (AvgIpc) is 2.67. The molecule has 0 heterocycles. The first-order valence-electron chi connectivity index (χ1n) is 9.56. The topological polar surface area (TPSA) is 30.8 Å². The van der Waals surface area contributed by atoms with E-state index in [4.69, 9.17) is 9.57 Å². The lowest BCUT2D eigenvalue weighted by atomic mass is 9.94. The molecule has 0 bridgehead atoms. The molecule has 2 aromatic rings. The van der Waals surface area contributed by atoms with E-state index >= 15 is 0 Å². The van der Waals surface area contributed by atoms with Crippen LogP contribution in [0.1, 0.15) is 55.5 Å². The lowest BCUT2D eigenvalue weighted by Gasteiger charge is -2.14. The van der Waals surface area contributed by atoms with E-state index in [0.717, 1.165) is 23.4 Å². The minimum Gasteiger partial charge on any atom is -0.490 e. The zero-order valence-corrected chi connectivity index (χ0v) is 17.8. The minimum absolute atomic E-state index is 0.606. The second-order valence-electron chi connectivity index (χ2n) is 6.15. The lowest BCUT2D eigenvalue weighted by molar-refractivity contribution is 0.213. The first-order chi connectivity index (χ1) is 13.0. The summed E-state index contributed by atoms with van der Waals surface area (Å²) in [7, 11) is 1.57. The molecule has 3 heteroatoms. The third kappa shape index (κ3) is 6.93. The maximum atomic E-state index is 5.77. The van der Waals surface area contributed by atoms with Crippen LogP contribution in [-0.4, -0.2) is 19.4 Å². The molecule has 0 amide bonds. The number of ether oxygens (including phenoxy) is 1. The van der Waals surface area contributed by atoms with E-state index in [-0.39, 0.29) is 0 Å². The molecule has 2 aromatic carbocycles. The van der Waals surface area contributed by atoms with E-state index in [1.165, 1.54) is 22.3 Å². The molecule has 146 valence electrons. The Morgan fingerprint density at radius 3 is 2.33 bits per heavy atom. The van der Waals surface area contributed by atoms with Crippen LogP contribution in [0.2, 0.25) is 0 Å². The molecule has 3 nitrogen and oxygen atoms in total. The summed E-state index contributed by atoms with van der Waals surface area (Å²) >= 11 is 0. The van der Waals surface area contributed by atoms with Crippen LogP contribution in [0, 0.1) is 13.8 Å². The molecule has 0 aliphatic carbocycles. The predicted molar refractivity (Wildman–Crippen MR) is 116 cm³/mol. The van der Waals surface area contributed by atoms with Crippen molar-refractivity contribution >= 4 is 5.71 Å². The van der Waals surface area contributed by atoms with Gasteiger partial charge in [-0.1, -0.05) is 49.4 Å². The largest absolute Gasteiger partial charge is 0.490 e. The highest BCUT2D eigenvalue weighted by Gasteiger charge is 2.08. The summed E-state index contributed by atoms with van der Waals surface area (Å²) in [5.41, 5.74) is 7.08. The van der Waals surface area contributed by atoms with Crippen molar-refractivity contribution in [2.45, 2.75) is 48.0 Å². The van der Waals surface area contributed by atoms with Gasteiger partial charge in [-0.25, -0.2) is 0 Å². The zero-order valence-electron chi connectivity index (χ0n) is 17.8. The molecule has 0 aromatic heterocycles. The average molecular weight is 368 g/mol. The van der Waals surface area contributed by atoms with Crippen molar-refractivity contribution in [1.82, 2.24) is 0 Å². The number of benzene rings is 2. The number of hydrogen-bond donors (Lipinski definition) is 0. The van der Waals surface area contributed by atoms with Gasteiger partial charge in [-0.15, -0.1) is 0 Å². The lowest BCUT2D eigenvalue weighted by Crippen LogP contribution is -2.01. The Kier molecular flexibility index (Phi) is 9.95. The van der Waals surface area contributed by atoms with E-state index < -0.39 is 0 Å². The summed E-state index contributed by atoms with van der Waals surface area (Å²) in [4.78, 5) is 4.88. The number of allylic oxidation sites excluding steroid dienone is 1. The van der Waals surface area contributed by atoms with Crippen molar-refractivity contribution in [2.75, 3.05) is 13.7 Å². The summed E-state index contributed by atoms with van der Waals surface area (Å²) in [6, 6.07) is 12.7.